The molecule has 2 aromatic rings. The molecule has 140 valence electrons. The average Bonchev–Trinajstić information content (AvgIpc) is 2.69. The first-order valence-corrected chi connectivity index (χ1v) is 9.42. The van der Waals surface area contributed by atoms with Crippen LogP contribution in [0.3, 0.4) is 0 Å². The van der Waals surface area contributed by atoms with E-state index in [0.29, 0.717) is 12.8 Å². The molecule has 0 aliphatic heterocycles. The van der Waals surface area contributed by atoms with E-state index >= 15 is 0 Å². The summed E-state index contributed by atoms with van der Waals surface area (Å²) in [7, 11) is 0. The van der Waals surface area contributed by atoms with E-state index in [2.05, 4.69) is 11.4 Å². The molecule has 1 fully saturated rings. The van der Waals surface area contributed by atoms with Gasteiger partial charge in [-0.1, -0.05) is 61.7 Å². The van der Waals surface area contributed by atoms with Gasteiger partial charge >= 0.3 is 5.97 Å². The number of hydrogen-bond acceptors (Lipinski definition) is 4. The van der Waals surface area contributed by atoms with Crippen molar-refractivity contribution in [2.75, 3.05) is 0 Å². The number of benzene rings is 2. The molecule has 1 saturated carbocycles. The maximum Gasteiger partial charge on any atom is 0.311 e. The second-order valence-electron chi connectivity index (χ2n) is 7.19. The van der Waals surface area contributed by atoms with Gasteiger partial charge in [-0.25, -0.2) is 0 Å². The van der Waals surface area contributed by atoms with Gasteiger partial charge in [0.15, 0.2) is 6.10 Å². The van der Waals surface area contributed by atoms with Crippen LogP contribution in [0, 0.1) is 11.3 Å². The fourth-order valence-corrected chi connectivity index (χ4v) is 3.65. The molecule has 1 aliphatic carbocycles. The van der Waals surface area contributed by atoms with E-state index in [1.807, 2.05) is 42.5 Å². The van der Waals surface area contributed by atoms with Crippen LogP contribution in [0.25, 0.3) is 10.8 Å². The molecule has 0 radical (unpaired) electrons. The molecule has 0 heterocycles. The number of carbonyl (C=O) groups excluding carboxylic acids is 2. The van der Waals surface area contributed by atoms with E-state index in [0.717, 1.165) is 35.6 Å². The zero-order valence-electron chi connectivity index (χ0n) is 15.5. The van der Waals surface area contributed by atoms with Crippen molar-refractivity contribution in [3.05, 3.63) is 48.0 Å². The Kier molecular flexibility index (Phi) is 5.75. The number of nitrogens with one attached hydrogen (secondary N) is 1. The molecule has 0 spiro atoms. The Balaban J connectivity index is 1.61. The van der Waals surface area contributed by atoms with Crippen molar-refractivity contribution < 1.29 is 14.3 Å². The predicted octanol–water partition coefficient (Wildman–Crippen LogP) is 3.66. The highest BCUT2D eigenvalue weighted by Gasteiger charge is 2.35. The fourth-order valence-electron chi connectivity index (χ4n) is 3.65. The summed E-state index contributed by atoms with van der Waals surface area (Å²) in [5.41, 5.74) is 0.0394. The number of nitrogens with zero attached hydrogens (tertiary/aromatic N) is 1. The molecule has 1 atom stereocenters. The van der Waals surface area contributed by atoms with E-state index in [-0.39, 0.29) is 6.42 Å². The molecule has 1 aliphatic rings. The van der Waals surface area contributed by atoms with E-state index in [9.17, 15) is 14.9 Å². The maximum atomic E-state index is 12.4. The van der Waals surface area contributed by atoms with Gasteiger partial charge in [0.1, 0.15) is 5.54 Å². The lowest BCUT2D eigenvalue weighted by molar-refractivity contribution is -0.154. The van der Waals surface area contributed by atoms with Gasteiger partial charge in [0, 0.05) is 0 Å². The smallest absolute Gasteiger partial charge is 0.311 e. The van der Waals surface area contributed by atoms with Gasteiger partial charge in [-0.05, 0) is 36.1 Å². The minimum atomic E-state index is -0.931. The van der Waals surface area contributed by atoms with Crippen LogP contribution in [-0.4, -0.2) is 23.5 Å². The molecule has 0 saturated heterocycles. The summed E-state index contributed by atoms with van der Waals surface area (Å²) in [5, 5.41) is 14.3. The van der Waals surface area contributed by atoms with Crippen molar-refractivity contribution >= 4 is 22.6 Å². The quantitative estimate of drug-likeness (QED) is 0.821. The minimum Gasteiger partial charge on any atom is -0.452 e. The first kappa shape index (κ1) is 18.9. The Morgan fingerprint density at radius 2 is 1.85 bits per heavy atom. The van der Waals surface area contributed by atoms with Gasteiger partial charge in [-0.3, -0.25) is 9.59 Å². The molecule has 0 bridgehead atoms. The molecule has 1 N–H and O–H groups in total. The van der Waals surface area contributed by atoms with Crippen LogP contribution in [0.5, 0.6) is 0 Å². The molecular formula is C22H24N2O3. The van der Waals surface area contributed by atoms with Crippen LogP contribution in [0.4, 0.5) is 0 Å². The van der Waals surface area contributed by atoms with Gasteiger partial charge in [-0.2, -0.15) is 5.26 Å². The summed E-state index contributed by atoms with van der Waals surface area (Å²) in [6, 6.07) is 15.9. The largest absolute Gasteiger partial charge is 0.452 e. The van der Waals surface area contributed by atoms with Crippen LogP contribution >= 0.6 is 0 Å². The number of hydrogen-bond donors (Lipinski definition) is 1. The molecule has 27 heavy (non-hydrogen) atoms. The summed E-state index contributed by atoms with van der Waals surface area (Å²) < 4.78 is 5.34. The second-order valence-corrected chi connectivity index (χ2v) is 7.19. The third-order valence-corrected chi connectivity index (χ3v) is 5.18. The third kappa shape index (κ3) is 4.46. The van der Waals surface area contributed by atoms with Crippen molar-refractivity contribution in [3.8, 4) is 6.07 Å². The lowest BCUT2D eigenvalue weighted by Crippen LogP contribution is -2.52. The number of carbonyl (C=O) groups is 2. The fraction of sp³-hybridized carbons (Fsp3) is 0.409. The van der Waals surface area contributed by atoms with Crippen molar-refractivity contribution in [1.29, 1.82) is 5.26 Å². The van der Waals surface area contributed by atoms with Crippen molar-refractivity contribution in [2.24, 2.45) is 0 Å². The monoisotopic (exact) mass is 364 g/mol. The molecule has 5 nitrogen and oxygen atoms in total. The van der Waals surface area contributed by atoms with Gasteiger partial charge < -0.3 is 10.1 Å². The number of amides is 1. The Hall–Kier alpha value is -2.87. The van der Waals surface area contributed by atoms with Crippen LogP contribution in [0.15, 0.2) is 42.5 Å². The molecule has 1 amide bonds. The molecule has 0 aromatic heterocycles. The Morgan fingerprint density at radius 3 is 2.59 bits per heavy atom. The topological polar surface area (TPSA) is 79.2 Å². The first-order valence-electron chi connectivity index (χ1n) is 9.42. The van der Waals surface area contributed by atoms with E-state index < -0.39 is 23.5 Å². The minimum absolute atomic E-state index is 0.0996. The standard InChI is InChI=1S/C22H24N2O3/c1-16(21(26)24-22(15-23)12-5-2-6-13-22)27-20(25)14-18-10-7-9-17-8-3-4-11-19(17)18/h3-4,7-11,16H,2,5-6,12-14H2,1H3,(H,24,26)/t16-/m0/s1. The van der Waals surface area contributed by atoms with Crippen LogP contribution in [-0.2, 0) is 20.7 Å². The van der Waals surface area contributed by atoms with Crippen molar-refractivity contribution in [3.63, 3.8) is 0 Å². The number of esters is 1. The van der Waals surface area contributed by atoms with Gasteiger partial charge in [0.25, 0.3) is 5.91 Å². The zero-order valence-corrected chi connectivity index (χ0v) is 15.5. The summed E-state index contributed by atoms with van der Waals surface area (Å²) in [6.07, 6.45) is 3.38. The lowest BCUT2D eigenvalue weighted by atomic mass is 9.83. The van der Waals surface area contributed by atoms with Gasteiger partial charge in [-0.15, -0.1) is 0 Å². The Labute approximate surface area is 159 Å². The van der Waals surface area contributed by atoms with E-state index in [1.165, 1.54) is 0 Å². The molecule has 0 unspecified atom stereocenters. The first-order chi connectivity index (χ1) is 13.0. The van der Waals surface area contributed by atoms with Crippen molar-refractivity contribution in [2.45, 2.75) is 57.1 Å². The Bertz CT molecular complexity index is 873. The molecule has 2 aromatic carbocycles. The highest BCUT2D eigenvalue weighted by Crippen LogP contribution is 2.27. The summed E-state index contributed by atoms with van der Waals surface area (Å²) in [5.74, 6) is -0.867. The molecular weight excluding hydrogens is 340 g/mol. The number of ether oxygens (including phenoxy) is 1. The van der Waals surface area contributed by atoms with Crippen molar-refractivity contribution in [1.82, 2.24) is 5.32 Å². The van der Waals surface area contributed by atoms with E-state index in [4.69, 9.17) is 4.74 Å². The normalized spacial score (nSPS) is 16.9. The summed E-state index contributed by atoms with van der Waals surface area (Å²) in [4.78, 5) is 24.8. The predicted molar refractivity (Wildman–Crippen MR) is 103 cm³/mol. The van der Waals surface area contributed by atoms with Crippen LogP contribution in [0.1, 0.15) is 44.6 Å². The number of rotatable bonds is 5. The molecule has 5 heteroatoms. The lowest BCUT2D eigenvalue weighted by Gasteiger charge is -2.32. The van der Waals surface area contributed by atoms with Crippen LogP contribution in [0.2, 0.25) is 0 Å². The number of nitriles is 1. The summed E-state index contributed by atoms with van der Waals surface area (Å²) in [6.45, 7) is 1.55. The maximum absolute atomic E-state index is 12.4. The zero-order chi connectivity index (χ0) is 19.3. The number of fused-ring (bicyclic) bond motifs is 1. The van der Waals surface area contributed by atoms with Crippen LogP contribution < -0.4 is 5.32 Å². The highest BCUT2D eigenvalue weighted by atomic mass is 16.5. The summed E-state index contributed by atoms with van der Waals surface area (Å²) >= 11 is 0. The second kappa shape index (κ2) is 8.22. The van der Waals surface area contributed by atoms with Gasteiger partial charge in [0.2, 0.25) is 0 Å². The SMILES string of the molecule is C[C@H](OC(=O)Cc1cccc2ccccc12)C(=O)NC1(C#N)CCCCC1. The molecule has 3 rings (SSSR count). The van der Waals surface area contributed by atoms with E-state index in [1.54, 1.807) is 6.92 Å². The average molecular weight is 364 g/mol. The third-order valence-electron chi connectivity index (χ3n) is 5.18. The highest BCUT2D eigenvalue weighted by molar-refractivity contribution is 5.90. The Morgan fingerprint density at radius 1 is 1.15 bits per heavy atom. The van der Waals surface area contributed by atoms with Gasteiger partial charge in [0.05, 0.1) is 12.5 Å².